The number of halogens is 1. The van der Waals surface area contributed by atoms with Gasteiger partial charge in [-0.1, -0.05) is 54.9 Å². The third-order valence-corrected chi connectivity index (χ3v) is 9.42. The van der Waals surface area contributed by atoms with E-state index in [1.54, 1.807) is 42.2 Å². The van der Waals surface area contributed by atoms with Crippen molar-refractivity contribution in [1.82, 2.24) is 10.2 Å². The molecular weight excluding hydrogens is 604 g/mol. The molecule has 0 unspecified atom stereocenters. The third kappa shape index (κ3) is 7.48. The molecule has 1 aliphatic heterocycles. The first kappa shape index (κ1) is 30.6. The van der Waals surface area contributed by atoms with Crippen molar-refractivity contribution < 1.29 is 18.0 Å². The molecule has 0 atom stereocenters. The number of benzene rings is 3. The van der Waals surface area contributed by atoms with Crippen LogP contribution in [0.15, 0.2) is 70.0 Å². The number of para-hydroxylation sites is 1. The molecule has 1 aliphatic rings. The number of urea groups is 1. The normalized spacial score (nSPS) is 14.4. The molecule has 3 amide bonds. The maximum atomic E-state index is 13.6. The lowest BCUT2D eigenvalue weighted by atomic mass is 9.85. The number of rotatable bonds is 6. The first-order valence-corrected chi connectivity index (χ1v) is 15.9. The number of nitrogens with zero attached hydrogens (tertiary/aromatic N) is 1. The predicted octanol–water partition coefficient (Wildman–Crippen LogP) is 6.59. The van der Waals surface area contributed by atoms with Gasteiger partial charge in [-0.05, 0) is 91.3 Å². The molecule has 41 heavy (non-hydrogen) atoms. The van der Waals surface area contributed by atoms with Gasteiger partial charge >= 0.3 is 6.03 Å². The van der Waals surface area contributed by atoms with Gasteiger partial charge < -0.3 is 15.5 Å². The molecule has 1 saturated heterocycles. The molecular formula is C31H37BrN4O4S. The minimum atomic E-state index is -3.97. The Morgan fingerprint density at radius 2 is 1.59 bits per heavy atom. The van der Waals surface area contributed by atoms with Gasteiger partial charge in [0.05, 0.1) is 16.1 Å². The molecule has 0 aromatic heterocycles. The fourth-order valence-electron chi connectivity index (χ4n) is 4.73. The lowest BCUT2D eigenvalue weighted by molar-refractivity contribution is 0.0920. The van der Waals surface area contributed by atoms with E-state index < -0.39 is 10.0 Å². The quantitative estimate of drug-likeness (QED) is 0.282. The van der Waals surface area contributed by atoms with E-state index in [0.717, 1.165) is 15.6 Å². The van der Waals surface area contributed by atoms with Crippen LogP contribution in [0.5, 0.6) is 0 Å². The number of carbonyl (C=O) groups excluding carboxylic acids is 2. The molecule has 0 bridgehead atoms. The number of sulfonamides is 1. The number of amides is 3. The summed E-state index contributed by atoms with van der Waals surface area (Å²) in [5.74, 6) is -0.364. The van der Waals surface area contributed by atoms with Gasteiger partial charge in [-0.25, -0.2) is 13.2 Å². The van der Waals surface area contributed by atoms with Gasteiger partial charge in [0, 0.05) is 29.3 Å². The van der Waals surface area contributed by atoms with E-state index in [1.165, 1.54) is 0 Å². The molecule has 1 heterocycles. The Bertz CT molecular complexity index is 1540. The van der Waals surface area contributed by atoms with Gasteiger partial charge in [0.25, 0.3) is 15.9 Å². The van der Waals surface area contributed by atoms with Gasteiger partial charge in [0.1, 0.15) is 0 Å². The average molecular weight is 642 g/mol. The van der Waals surface area contributed by atoms with E-state index in [-0.39, 0.29) is 39.5 Å². The van der Waals surface area contributed by atoms with E-state index in [2.05, 4.69) is 31.3 Å². The standard InChI is InChI=1S/C31H37BrN4O4S/c1-20-18-22(31(3,4)5)19-28(21(20)2)41(39,40)35-27-9-7-6-8-26(27)29(37)33-25-14-16-36(17-15-25)30(38)34-24-12-10-23(32)11-13-24/h6-13,18-19,25,35H,14-17H2,1-5H3,(H,33,37)(H,34,38). The lowest BCUT2D eigenvalue weighted by Crippen LogP contribution is -2.47. The predicted molar refractivity (Wildman–Crippen MR) is 167 cm³/mol. The summed E-state index contributed by atoms with van der Waals surface area (Å²) in [5, 5.41) is 5.92. The van der Waals surface area contributed by atoms with Crippen molar-refractivity contribution in [3.8, 4) is 0 Å². The Morgan fingerprint density at radius 1 is 0.951 bits per heavy atom. The average Bonchev–Trinajstić information content (AvgIpc) is 2.91. The number of hydrogen-bond donors (Lipinski definition) is 3. The van der Waals surface area contributed by atoms with Crippen molar-refractivity contribution in [2.45, 2.75) is 63.8 Å². The van der Waals surface area contributed by atoms with Crippen molar-refractivity contribution in [2.24, 2.45) is 0 Å². The molecule has 0 aliphatic carbocycles. The molecule has 0 spiro atoms. The van der Waals surface area contributed by atoms with Crippen LogP contribution in [0.3, 0.4) is 0 Å². The number of carbonyl (C=O) groups is 2. The molecule has 0 radical (unpaired) electrons. The smallest absolute Gasteiger partial charge is 0.321 e. The van der Waals surface area contributed by atoms with E-state index in [4.69, 9.17) is 0 Å². The highest BCUT2D eigenvalue weighted by Crippen LogP contribution is 2.31. The van der Waals surface area contributed by atoms with Crippen LogP contribution < -0.4 is 15.4 Å². The van der Waals surface area contributed by atoms with Crippen molar-refractivity contribution in [2.75, 3.05) is 23.1 Å². The second-order valence-corrected chi connectivity index (χ2v) is 14.1. The second kappa shape index (κ2) is 12.2. The zero-order chi connectivity index (χ0) is 29.9. The molecule has 218 valence electrons. The van der Waals surface area contributed by atoms with Gasteiger partial charge in [-0.2, -0.15) is 0 Å². The molecule has 3 aromatic carbocycles. The molecule has 3 N–H and O–H groups in total. The maximum Gasteiger partial charge on any atom is 0.321 e. The SMILES string of the molecule is Cc1cc(C(C)(C)C)cc(S(=O)(=O)Nc2ccccc2C(=O)NC2CCN(C(=O)Nc3ccc(Br)cc3)CC2)c1C. The number of piperidine rings is 1. The van der Waals surface area contributed by atoms with Crippen LogP contribution in [-0.2, 0) is 15.4 Å². The monoisotopic (exact) mass is 640 g/mol. The van der Waals surface area contributed by atoms with Crippen molar-refractivity contribution >= 4 is 49.3 Å². The van der Waals surface area contributed by atoms with Crippen LogP contribution in [0.25, 0.3) is 0 Å². The summed E-state index contributed by atoms with van der Waals surface area (Å²) in [4.78, 5) is 27.9. The number of hydrogen-bond acceptors (Lipinski definition) is 4. The zero-order valence-electron chi connectivity index (χ0n) is 24.0. The summed E-state index contributed by atoms with van der Waals surface area (Å²) in [6.45, 7) is 10.8. The molecule has 8 nitrogen and oxygen atoms in total. The number of aryl methyl sites for hydroxylation is 1. The van der Waals surface area contributed by atoms with Gasteiger partial charge in [0.2, 0.25) is 0 Å². The minimum Gasteiger partial charge on any atom is -0.349 e. The Morgan fingerprint density at radius 3 is 2.22 bits per heavy atom. The topological polar surface area (TPSA) is 108 Å². The Hall–Kier alpha value is -3.37. The van der Waals surface area contributed by atoms with Crippen molar-refractivity contribution in [3.05, 3.63) is 87.4 Å². The van der Waals surface area contributed by atoms with Crippen LogP contribution >= 0.6 is 15.9 Å². The number of anilines is 2. The molecule has 1 fully saturated rings. The Balaban J connectivity index is 1.43. The zero-order valence-corrected chi connectivity index (χ0v) is 26.4. The van der Waals surface area contributed by atoms with Crippen LogP contribution in [0.2, 0.25) is 0 Å². The lowest BCUT2D eigenvalue weighted by Gasteiger charge is -2.32. The fourth-order valence-corrected chi connectivity index (χ4v) is 6.42. The van der Waals surface area contributed by atoms with E-state index >= 15 is 0 Å². The van der Waals surface area contributed by atoms with Crippen molar-refractivity contribution in [3.63, 3.8) is 0 Å². The van der Waals surface area contributed by atoms with Gasteiger partial charge in [0.15, 0.2) is 0 Å². The molecule has 0 saturated carbocycles. The fraction of sp³-hybridized carbons (Fsp3) is 0.355. The number of likely N-dealkylation sites (tertiary alicyclic amines) is 1. The highest BCUT2D eigenvalue weighted by atomic mass is 79.9. The third-order valence-electron chi connectivity index (χ3n) is 7.40. The summed E-state index contributed by atoms with van der Waals surface area (Å²) in [5.41, 5.74) is 3.42. The van der Waals surface area contributed by atoms with Gasteiger partial charge in [-0.15, -0.1) is 0 Å². The van der Waals surface area contributed by atoms with Crippen LogP contribution in [0, 0.1) is 13.8 Å². The van der Waals surface area contributed by atoms with E-state index in [1.807, 2.05) is 58.0 Å². The maximum absolute atomic E-state index is 13.6. The highest BCUT2D eigenvalue weighted by Gasteiger charge is 2.27. The first-order valence-electron chi connectivity index (χ1n) is 13.6. The second-order valence-electron chi connectivity index (χ2n) is 11.5. The van der Waals surface area contributed by atoms with Gasteiger partial charge in [-0.3, -0.25) is 9.52 Å². The summed E-state index contributed by atoms with van der Waals surface area (Å²) >= 11 is 3.38. The minimum absolute atomic E-state index is 0.141. The molecule has 10 heteroatoms. The summed E-state index contributed by atoms with van der Waals surface area (Å²) in [6.07, 6.45) is 1.18. The van der Waals surface area contributed by atoms with Crippen LogP contribution in [0.4, 0.5) is 16.2 Å². The first-order chi connectivity index (χ1) is 19.2. The molecule has 3 aromatic rings. The Labute approximate surface area is 251 Å². The Kier molecular flexibility index (Phi) is 9.13. The van der Waals surface area contributed by atoms with Crippen LogP contribution in [-0.4, -0.2) is 44.4 Å². The number of nitrogens with one attached hydrogen (secondary N) is 3. The summed E-state index contributed by atoms with van der Waals surface area (Å²) in [7, 11) is -3.97. The van der Waals surface area contributed by atoms with Crippen LogP contribution in [0.1, 0.15) is 60.7 Å². The van der Waals surface area contributed by atoms with E-state index in [9.17, 15) is 18.0 Å². The van der Waals surface area contributed by atoms with Crippen molar-refractivity contribution in [1.29, 1.82) is 0 Å². The largest absolute Gasteiger partial charge is 0.349 e. The van der Waals surface area contributed by atoms with E-state index in [0.29, 0.717) is 37.2 Å². The molecule has 4 rings (SSSR count). The highest BCUT2D eigenvalue weighted by molar-refractivity contribution is 9.10. The summed E-state index contributed by atoms with van der Waals surface area (Å²) < 4.78 is 30.8. The summed E-state index contributed by atoms with van der Waals surface area (Å²) in [6, 6.07) is 17.4.